The molecule has 0 spiro atoms. The Bertz CT molecular complexity index is 1650. The van der Waals surface area contributed by atoms with E-state index in [2.05, 4.69) is 16.7 Å². The van der Waals surface area contributed by atoms with Crippen molar-refractivity contribution in [2.24, 2.45) is 0 Å². The smallest absolute Gasteiger partial charge is 0.410 e. The Kier molecular flexibility index (Phi) is 7.26. The van der Waals surface area contributed by atoms with E-state index in [4.69, 9.17) is 26.4 Å². The maximum atomic E-state index is 13.5. The number of fused-ring (bicyclic) bond motifs is 1. The number of carbonyl (C=O) groups excluding carboxylic acids is 2. The third kappa shape index (κ3) is 6.05. The fraction of sp³-hybridized carbons (Fsp3) is 0.367. The minimum atomic E-state index is -0.642. The summed E-state index contributed by atoms with van der Waals surface area (Å²) < 4.78 is 7.12. The second kappa shape index (κ2) is 10.6. The van der Waals surface area contributed by atoms with Crippen LogP contribution in [0.2, 0.25) is 0 Å². The summed E-state index contributed by atoms with van der Waals surface area (Å²) in [5, 5.41) is 20.9. The second-order valence-electron chi connectivity index (χ2n) is 11.7. The molecular weight excluding hydrogens is 542 g/mol. The van der Waals surface area contributed by atoms with Gasteiger partial charge in [0.2, 0.25) is 0 Å². The lowest BCUT2D eigenvalue weighted by Gasteiger charge is -2.27. The highest BCUT2D eigenvalue weighted by molar-refractivity contribution is 6.30. The van der Waals surface area contributed by atoms with Gasteiger partial charge in [-0.1, -0.05) is 29.8 Å². The van der Waals surface area contributed by atoms with Gasteiger partial charge in [0, 0.05) is 30.9 Å². The molecule has 1 saturated heterocycles. The van der Waals surface area contributed by atoms with Crippen LogP contribution < -0.4 is 10.6 Å². The van der Waals surface area contributed by atoms with Crippen molar-refractivity contribution in [2.75, 3.05) is 13.1 Å². The molecule has 0 bridgehead atoms. The Labute approximate surface area is 243 Å². The predicted octanol–water partition coefficient (Wildman–Crippen LogP) is 4.85. The number of hydrogen-bond acceptors (Lipinski definition) is 7. The molecule has 2 unspecified atom stereocenters. The third-order valence-electron chi connectivity index (χ3n) is 6.89. The number of nitrogens with one attached hydrogen (secondary N) is 2. The molecule has 3 aromatic rings. The van der Waals surface area contributed by atoms with Crippen molar-refractivity contribution in [3.8, 4) is 17.3 Å². The number of rotatable bonds is 4. The summed E-state index contributed by atoms with van der Waals surface area (Å²) >= 11 is 6.40. The number of nitriles is 1. The number of amides is 2. The zero-order valence-corrected chi connectivity index (χ0v) is 24.4. The largest absolute Gasteiger partial charge is 0.444 e. The summed E-state index contributed by atoms with van der Waals surface area (Å²) in [6.45, 7) is 10.2. The van der Waals surface area contributed by atoms with Crippen LogP contribution in [0.5, 0.6) is 0 Å². The van der Waals surface area contributed by atoms with Crippen LogP contribution in [0.1, 0.15) is 62.7 Å². The number of aromatic nitrogens is 3. The van der Waals surface area contributed by atoms with Crippen LogP contribution in [0.25, 0.3) is 22.5 Å². The molecule has 11 heteroatoms. The summed E-state index contributed by atoms with van der Waals surface area (Å²) in [7, 11) is 0. The average Bonchev–Trinajstić information content (AvgIpc) is 3.47. The Balaban J connectivity index is 1.50. The van der Waals surface area contributed by atoms with Crippen LogP contribution in [0.15, 0.2) is 53.8 Å². The standard InChI is InChI=1S/C30H32ClN7O3/c1-18-13-21(15-23(31)33-18)24-25(20-8-6-7-19(14-20)16-32)36-38-11-9-22(34-26(24)38)27(39)35-30(5)10-12-37(17-30)28(40)41-29(2,3)4/h6-9,11,13-15,18,33H,10,12,17H2,1-5H3,(H,35,39). The lowest BCUT2D eigenvalue weighted by atomic mass is 9.97. The Morgan fingerprint density at radius 1 is 1.29 bits per heavy atom. The van der Waals surface area contributed by atoms with Crippen molar-refractivity contribution in [1.29, 1.82) is 5.26 Å². The molecule has 0 radical (unpaired) electrons. The van der Waals surface area contributed by atoms with Gasteiger partial charge < -0.3 is 20.3 Å². The SMILES string of the molecule is CC1C=C(c2c(-c3cccc(C#N)c3)nn3ccc(C(=O)NC4(C)CCN(C(=O)OC(C)(C)C)C4)nc23)C=C(Cl)N1. The van der Waals surface area contributed by atoms with Crippen LogP contribution in [-0.2, 0) is 4.74 Å². The van der Waals surface area contributed by atoms with E-state index in [1.165, 1.54) is 0 Å². The van der Waals surface area contributed by atoms with Crippen LogP contribution >= 0.6 is 11.6 Å². The quantitative estimate of drug-likeness (QED) is 0.427. The first-order valence-electron chi connectivity index (χ1n) is 13.4. The zero-order chi connectivity index (χ0) is 29.5. The van der Waals surface area contributed by atoms with E-state index in [-0.39, 0.29) is 17.6 Å². The van der Waals surface area contributed by atoms with Crippen molar-refractivity contribution in [3.05, 3.63) is 70.7 Å². The van der Waals surface area contributed by atoms with Gasteiger partial charge in [-0.2, -0.15) is 10.4 Å². The molecule has 4 heterocycles. The lowest BCUT2D eigenvalue weighted by Crippen LogP contribution is -2.49. The first-order valence-corrected chi connectivity index (χ1v) is 13.8. The minimum absolute atomic E-state index is 0.0440. The molecule has 2 aromatic heterocycles. The molecule has 1 aromatic carbocycles. The van der Waals surface area contributed by atoms with E-state index in [1.54, 1.807) is 46.0 Å². The number of likely N-dealkylation sites (tertiary alicyclic amines) is 1. The highest BCUT2D eigenvalue weighted by atomic mass is 35.5. The number of carbonyl (C=O) groups is 2. The lowest BCUT2D eigenvalue weighted by molar-refractivity contribution is 0.0280. The Morgan fingerprint density at radius 3 is 2.78 bits per heavy atom. The van der Waals surface area contributed by atoms with Crippen LogP contribution in [-0.4, -0.2) is 61.8 Å². The molecule has 2 atom stereocenters. The van der Waals surface area contributed by atoms with E-state index in [1.807, 2.05) is 46.8 Å². The van der Waals surface area contributed by atoms with Crippen LogP contribution in [0.4, 0.5) is 4.79 Å². The summed E-state index contributed by atoms with van der Waals surface area (Å²) in [5.41, 5.74) is 2.81. The zero-order valence-electron chi connectivity index (χ0n) is 23.7. The number of halogens is 1. The van der Waals surface area contributed by atoms with Crippen molar-refractivity contribution in [1.82, 2.24) is 30.1 Å². The predicted molar refractivity (Wildman–Crippen MR) is 156 cm³/mol. The Morgan fingerprint density at radius 2 is 2.07 bits per heavy atom. The van der Waals surface area contributed by atoms with E-state index < -0.39 is 17.2 Å². The Hall–Kier alpha value is -4.36. The molecular formula is C30H32ClN7O3. The van der Waals surface area contributed by atoms with Gasteiger partial charge in [0.25, 0.3) is 5.91 Å². The average molecular weight is 574 g/mol. The highest BCUT2D eigenvalue weighted by Crippen LogP contribution is 2.35. The van der Waals surface area contributed by atoms with Crippen molar-refractivity contribution < 1.29 is 14.3 Å². The van der Waals surface area contributed by atoms with Gasteiger partial charge in [-0.25, -0.2) is 14.3 Å². The van der Waals surface area contributed by atoms with Gasteiger partial charge in [0.05, 0.1) is 22.7 Å². The molecule has 10 nitrogen and oxygen atoms in total. The molecule has 212 valence electrons. The number of benzene rings is 1. The van der Waals surface area contributed by atoms with Gasteiger partial charge in [0.15, 0.2) is 5.65 Å². The highest BCUT2D eigenvalue weighted by Gasteiger charge is 2.39. The van der Waals surface area contributed by atoms with E-state index >= 15 is 0 Å². The number of allylic oxidation sites excluding steroid dienone is 2. The molecule has 2 N–H and O–H groups in total. The van der Waals surface area contributed by atoms with Crippen molar-refractivity contribution in [2.45, 2.75) is 58.2 Å². The monoisotopic (exact) mass is 573 g/mol. The number of hydrogen-bond donors (Lipinski definition) is 2. The number of ether oxygens (including phenoxy) is 1. The molecule has 2 aliphatic rings. The molecule has 41 heavy (non-hydrogen) atoms. The van der Waals surface area contributed by atoms with Gasteiger partial charge in [0.1, 0.15) is 22.1 Å². The summed E-state index contributed by atoms with van der Waals surface area (Å²) in [6, 6.07) is 10.9. The van der Waals surface area contributed by atoms with Gasteiger partial charge in [-0.15, -0.1) is 0 Å². The molecule has 1 fully saturated rings. The molecule has 0 aliphatic carbocycles. The maximum Gasteiger partial charge on any atom is 0.410 e. The second-order valence-corrected chi connectivity index (χ2v) is 12.1. The fourth-order valence-corrected chi connectivity index (χ4v) is 5.34. The first kappa shape index (κ1) is 28.2. The maximum absolute atomic E-state index is 13.5. The summed E-state index contributed by atoms with van der Waals surface area (Å²) in [4.78, 5) is 32.4. The van der Waals surface area contributed by atoms with Gasteiger partial charge in [-0.3, -0.25) is 4.79 Å². The first-order chi connectivity index (χ1) is 19.3. The summed E-state index contributed by atoms with van der Waals surface area (Å²) in [6.07, 6.45) is 5.69. The van der Waals surface area contributed by atoms with Gasteiger partial charge >= 0.3 is 6.09 Å². The number of nitrogens with zero attached hydrogens (tertiary/aromatic N) is 5. The van der Waals surface area contributed by atoms with Gasteiger partial charge in [-0.05, 0) is 70.9 Å². The van der Waals surface area contributed by atoms with E-state index in [9.17, 15) is 14.9 Å². The van der Waals surface area contributed by atoms with Crippen LogP contribution in [0, 0.1) is 11.3 Å². The molecule has 5 rings (SSSR count). The number of dihydropyridines is 1. The van der Waals surface area contributed by atoms with Crippen LogP contribution in [0.3, 0.4) is 0 Å². The molecule has 2 amide bonds. The normalized spacial score (nSPS) is 20.6. The molecule has 2 aliphatic heterocycles. The van der Waals surface area contributed by atoms with Crippen molar-refractivity contribution in [3.63, 3.8) is 0 Å². The van der Waals surface area contributed by atoms with Crippen molar-refractivity contribution >= 4 is 34.8 Å². The topological polar surface area (TPSA) is 125 Å². The fourth-order valence-electron chi connectivity index (χ4n) is 5.05. The minimum Gasteiger partial charge on any atom is -0.444 e. The third-order valence-corrected chi connectivity index (χ3v) is 7.11. The van der Waals surface area contributed by atoms with E-state index in [0.29, 0.717) is 47.1 Å². The summed E-state index contributed by atoms with van der Waals surface area (Å²) in [5.74, 6) is -0.359. The van der Waals surface area contributed by atoms with E-state index in [0.717, 1.165) is 11.1 Å². The molecule has 0 saturated carbocycles.